The Morgan fingerprint density at radius 3 is 2.79 bits per heavy atom. The average Bonchev–Trinajstić information content (AvgIpc) is 3.00. The number of pyridine rings is 1. The van der Waals surface area contributed by atoms with Gasteiger partial charge in [-0.25, -0.2) is 0 Å². The fraction of sp³-hybridized carbons (Fsp3) is 0.450. The molecule has 2 fully saturated rings. The lowest BCUT2D eigenvalue weighted by atomic mass is 9.92. The number of rotatable bonds is 5. The van der Waals surface area contributed by atoms with Crippen LogP contribution in [0.15, 0.2) is 48.8 Å². The maximum atomic E-state index is 6.11. The van der Waals surface area contributed by atoms with Gasteiger partial charge in [0.05, 0.1) is 12.7 Å². The second-order valence-electron chi connectivity index (χ2n) is 7.12. The van der Waals surface area contributed by atoms with Crippen molar-refractivity contribution in [1.82, 2.24) is 9.88 Å². The maximum Gasteiger partial charge on any atom is 0.0736 e. The molecule has 0 aliphatic carbocycles. The average molecular weight is 340 g/mol. The number of benzene rings is 1. The molecular formula is C20H24N2OS. The molecule has 0 saturated carbocycles. The lowest BCUT2D eigenvalue weighted by molar-refractivity contribution is 0.0263. The Labute approximate surface area is 148 Å². The predicted octanol–water partition coefficient (Wildman–Crippen LogP) is 3.67. The Morgan fingerprint density at radius 2 is 2.04 bits per heavy atom. The Bertz CT molecular complexity index is 668. The van der Waals surface area contributed by atoms with Gasteiger partial charge in [0.15, 0.2) is 0 Å². The molecule has 2 aliphatic heterocycles. The number of hydrogen-bond donors (Lipinski definition) is 0. The van der Waals surface area contributed by atoms with Crippen LogP contribution in [0.2, 0.25) is 0 Å². The fourth-order valence-electron chi connectivity index (χ4n) is 3.66. The van der Waals surface area contributed by atoms with E-state index in [0.29, 0.717) is 17.5 Å². The van der Waals surface area contributed by atoms with Crippen LogP contribution in [-0.2, 0) is 17.9 Å². The zero-order valence-electron chi connectivity index (χ0n) is 14.1. The maximum absolute atomic E-state index is 6.11. The van der Waals surface area contributed by atoms with Gasteiger partial charge >= 0.3 is 0 Å². The van der Waals surface area contributed by atoms with Crippen molar-refractivity contribution in [3.05, 3.63) is 65.5 Å². The molecular weight excluding hydrogens is 316 g/mol. The van der Waals surface area contributed by atoms with E-state index in [-0.39, 0.29) is 0 Å². The number of thioether (sulfide) groups is 1. The molecule has 0 amide bonds. The van der Waals surface area contributed by atoms with Crippen molar-refractivity contribution in [3.8, 4) is 0 Å². The number of likely N-dealkylation sites (tertiary alicyclic amines) is 1. The van der Waals surface area contributed by atoms with Crippen LogP contribution >= 0.6 is 11.8 Å². The molecule has 1 aromatic carbocycles. The van der Waals surface area contributed by atoms with Crippen LogP contribution in [0.1, 0.15) is 23.1 Å². The van der Waals surface area contributed by atoms with Gasteiger partial charge in [0.2, 0.25) is 0 Å². The molecule has 3 heterocycles. The summed E-state index contributed by atoms with van der Waals surface area (Å²) in [5.41, 5.74) is 3.92. The van der Waals surface area contributed by atoms with E-state index in [9.17, 15) is 0 Å². The van der Waals surface area contributed by atoms with Crippen LogP contribution in [-0.4, -0.2) is 39.6 Å². The number of aryl methyl sites for hydroxylation is 1. The molecule has 2 aromatic rings. The van der Waals surface area contributed by atoms with Crippen molar-refractivity contribution in [2.24, 2.45) is 0 Å². The van der Waals surface area contributed by atoms with Crippen molar-refractivity contribution in [1.29, 1.82) is 0 Å². The molecule has 4 heteroatoms. The van der Waals surface area contributed by atoms with Crippen molar-refractivity contribution in [2.45, 2.75) is 37.3 Å². The summed E-state index contributed by atoms with van der Waals surface area (Å²) in [7, 11) is 0. The molecule has 0 N–H and O–H groups in total. The highest BCUT2D eigenvalue weighted by atomic mass is 32.2. The van der Waals surface area contributed by atoms with E-state index < -0.39 is 0 Å². The van der Waals surface area contributed by atoms with Gasteiger partial charge in [-0.3, -0.25) is 9.88 Å². The third-order valence-corrected chi connectivity index (χ3v) is 6.51. The van der Waals surface area contributed by atoms with E-state index in [0.717, 1.165) is 17.9 Å². The first-order valence-corrected chi connectivity index (χ1v) is 9.62. The fourth-order valence-corrected chi connectivity index (χ4v) is 5.26. The van der Waals surface area contributed by atoms with Gasteiger partial charge in [-0.1, -0.05) is 35.9 Å². The van der Waals surface area contributed by atoms with Gasteiger partial charge in [-0.2, -0.15) is 0 Å². The Morgan fingerprint density at radius 1 is 1.21 bits per heavy atom. The van der Waals surface area contributed by atoms with Gasteiger partial charge in [0.25, 0.3) is 0 Å². The minimum absolute atomic E-state index is 0.386. The molecule has 2 aliphatic rings. The van der Waals surface area contributed by atoms with Crippen LogP contribution in [0.3, 0.4) is 0 Å². The first kappa shape index (κ1) is 16.1. The van der Waals surface area contributed by atoms with Gasteiger partial charge in [0, 0.05) is 42.5 Å². The third-order valence-electron chi connectivity index (χ3n) is 4.93. The van der Waals surface area contributed by atoms with E-state index in [1.54, 1.807) is 6.20 Å². The molecule has 1 spiro atoms. The summed E-state index contributed by atoms with van der Waals surface area (Å²) < 4.78 is 6.54. The van der Waals surface area contributed by atoms with E-state index in [4.69, 9.17) is 4.74 Å². The zero-order chi connectivity index (χ0) is 16.4. The summed E-state index contributed by atoms with van der Waals surface area (Å²) in [6, 6.07) is 13.0. The molecule has 1 atom stereocenters. The van der Waals surface area contributed by atoms with Crippen LogP contribution in [0.5, 0.6) is 0 Å². The number of nitrogens with zero attached hydrogens (tertiary/aromatic N) is 2. The summed E-state index contributed by atoms with van der Waals surface area (Å²) in [5, 5.41) is 0. The third kappa shape index (κ3) is 3.66. The molecule has 0 bridgehead atoms. The lowest BCUT2D eigenvalue weighted by Gasteiger charge is -2.47. The first-order valence-electron chi connectivity index (χ1n) is 8.63. The smallest absolute Gasteiger partial charge is 0.0736 e. The molecule has 1 aromatic heterocycles. The zero-order valence-corrected chi connectivity index (χ0v) is 15.0. The number of aromatic nitrogens is 1. The Hall–Kier alpha value is -1.36. The van der Waals surface area contributed by atoms with E-state index in [1.165, 1.54) is 30.6 Å². The topological polar surface area (TPSA) is 25.4 Å². The van der Waals surface area contributed by atoms with Crippen molar-refractivity contribution < 1.29 is 4.74 Å². The Balaban J connectivity index is 1.23. The molecule has 24 heavy (non-hydrogen) atoms. The van der Waals surface area contributed by atoms with Crippen LogP contribution < -0.4 is 0 Å². The van der Waals surface area contributed by atoms with E-state index in [1.807, 2.05) is 12.3 Å². The number of ether oxygens (including phenoxy) is 1. The highest BCUT2D eigenvalue weighted by Crippen LogP contribution is 2.46. The molecule has 0 radical (unpaired) electrons. The summed E-state index contributed by atoms with van der Waals surface area (Å²) in [6.45, 7) is 6.28. The number of hydrogen-bond acceptors (Lipinski definition) is 4. The molecule has 126 valence electrons. The highest BCUT2D eigenvalue weighted by Gasteiger charge is 2.49. The van der Waals surface area contributed by atoms with Gasteiger partial charge in [-0.05, 0) is 30.5 Å². The van der Waals surface area contributed by atoms with Crippen molar-refractivity contribution in [3.63, 3.8) is 0 Å². The van der Waals surface area contributed by atoms with Crippen LogP contribution in [0, 0.1) is 6.92 Å². The summed E-state index contributed by atoms with van der Waals surface area (Å²) >= 11 is 2.11. The molecule has 0 unspecified atom stereocenters. The minimum atomic E-state index is 0.386. The largest absolute Gasteiger partial charge is 0.373 e. The monoisotopic (exact) mass is 340 g/mol. The quantitative estimate of drug-likeness (QED) is 0.829. The van der Waals surface area contributed by atoms with E-state index in [2.05, 4.69) is 58.9 Å². The van der Waals surface area contributed by atoms with Gasteiger partial charge < -0.3 is 4.74 Å². The van der Waals surface area contributed by atoms with Crippen molar-refractivity contribution in [2.75, 3.05) is 18.8 Å². The molecule has 2 saturated heterocycles. The Kier molecular flexibility index (Phi) is 4.61. The van der Waals surface area contributed by atoms with E-state index >= 15 is 0 Å². The molecule has 3 nitrogen and oxygen atoms in total. The standard InChI is InChI=1S/C20H24N2OS/c1-16-4-6-17(7-5-16)11-22-14-20(15-22)9-19(13-24-20)23-12-18-3-2-8-21-10-18/h2-8,10,19H,9,11-15H2,1H3/t19-/m0/s1. The second-order valence-corrected chi connectivity index (χ2v) is 8.61. The van der Waals surface area contributed by atoms with Crippen LogP contribution in [0.25, 0.3) is 0 Å². The van der Waals surface area contributed by atoms with Gasteiger partial charge in [0.1, 0.15) is 0 Å². The lowest BCUT2D eigenvalue weighted by Crippen LogP contribution is -2.58. The minimum Gasteiger partial charge on any atom is -0.373 e. The normalized spacial score (nSPS) is 22.6. The van der Waals surface area contributed by atoms with Crippen molar-refractivity contribution >= 4 is 11.8 Å². The second kappa shape index (κ2) is 6.87. The SMILES string of the molecule is Cc1ccc(CN2CC3(C[C@H](OCc4cccnc4)CS3)C2)cc1. The summed E-state index contributed by atoms with van der Waals surface area (Å²) in [6.07, 6.45) is 5.27. The summed E-state index contributed by atoms with van der Waals surface area (Å²) in [5.74, 6) is 1.12. The predicted molar refractivity (Wildman–Crippen MR) is 99.1 cm³/mol. The van der Waals surface area contributed by atoms with Crippen LogP contribution in [0.4, 0.5) is 0 Å². The summed E-state index contributed by atoms with van der Waals surface area (Å²) in [4.78, 5) is 6.71. The molecule has 4 rings (SSSR count). The van der Waals surface area contributed by atoms with Gasteiger partial charge in [-0.15, -0.1) is 11.8 Å². The first-order chi connectivity index (χ1) is 11.7. The highest BCUT2D eigenvalue weighted by molar-refractivity contribution is 8.01.